The predicted octanol–water partition coefficient (Wildman–Crippen LogP) is 2.06. The number of hydrogen-bond acceptors (Lipinski definition) is 2. The fourth-order valence-corrected chi connectivity index (χ4v) is 1.53. The summed E-state index contributed by atoms with van der Waals surface area (Å²) in [7, 11) is 0. The Balaban J connectivity index is 2.54. The molecule has 0 unspecified atom stereocenters. The summed E-state index contributed by atoms with van der Waals surface area (Å²) in [5.74, 6) is 0.237. The summed E-state index contributed by atoms with van der Waals surface area (Å²) in [6.07, 6.45) is 0. The first-order chi connectivity index (χ1) is 7.16. The Morgan fingerprint density at radius 3 is 2.33 bits per heavy atom. The maximum Gasteiger partial charge on any atom is 0.248 e. The third-order valence-corrected chi connectivity index (χ3v) is 2.29. The van der Waals surface area contributed by atoms with Crippen molar-refractivity contribution < 1.29 is 5.11 Å². The Morgan fingerprint density at radius 2 is 1.73 bits per heavy atom. The molecule has 2 aromatic rings. The van der Waals surface area contributed by atoms with E-state index in [-0.39, 0.29) is 11.3 Å². The molecule has 0 bridgehead atoms. The van der Waals surface area contributed by atoms with E-state index in [1.54, 1.807) is 18.2 Å². The molecule has 0 radical (unpaired) electrons. The molecule has 76 valence electrons. The lowest BCUT2D eigenvalue weighted by Gasteiger charge is -2.04. The van der Waals surface area contributed by atoms with Crippen molar-refractivity contribution in [2.75, 3.05) is 0 Å². The average Bonchev–Trinajstić information content (AvgIpc) is 2.20. The molecule has 3 nitrogen and oxygen atoms in total. The molecule has 0 saturated heterocycles. The number of aryl methyl sites for hydroxylation is 1. The van der Waals surface area contributed by atoms with Crippen LogP contribution in [0.15, 0.2) is 41.2 Å². The highest BCUT2D eigenvalue weighted by molar-refractivity contribution is 5.65. The van der Waals surface area contributed by atoms with Crippen molar-refractivity contribution >= 4 is 0 Å². The lowest BCUT2D eigenvalue weighted by Crippen LogP contribution is -2.05. The molecule has 1 aromatic heterocycles. The molecule has 0 spiro atoms. The second-order valence-corrected chi connectivity index (χ2v) is 3.41. The van der Waals surface area contributed by atoms with Crippen LogP contribution in [0.3, 0.4) is 0 Å². The molecule has 0 aliphatic carbocycles. The molecule has 1 heterocycles. The van der Waals surface area contributed by atoms with E-state index in [1.165, 1.54) is 6.07 Å². The summed E-state index contributed by atoms with van der Waals surface area (Å²) < 4.78 is 0. The van der Waals surface area contributed by atoms with Gasteiger partial charge in [0, 0.05) is 17.3 Å². The first kappa shape index (κ1) is 9.52. The van der Waals surface area contributed by atoms with E-state index in [1.807, 2.05) is 19.1 Å². The fourth-order valence-electron chi connectivity index (χ4n) is 1.53. The molecular weight excluding hydrogens is 190 g/mol. The van der Waals surface area contributed by atoms with Gasteiger partial charge < -0.3 is 10.1 Å². The van der Waals surface area contributed by atoms with E-state index in [2.05, 4.69) is 4.98 Å². The number of benzene rings is 1. The molecule has 0 aliphatic rings. The largest absolute Gasteiger partial charge is 0.508 e. The van der Waals surface area contributed by atoms with Crippen LogP contribution in [0, 0.1) is 6.92 Å². The number of H-pyrrole nitrogens is 1. The Kier molecular flexibility index (Phi) is 2.29. The van der Waals surface area contributed by atoms with Crippen molar-refractivity contribution in [1.29, 1.82) is 0 Å². The quantitative estimate of drug-likeness (QED) is 0.742. The van der Waals surface area contributed by atoms with E-state index in [0.717, 1.165) is 16.8 Å². The predicted molar refractivity (Wildman–Crippen MR) is 58.9 cm³/mol. The zero-order chi connectivity index (χ0) is 10.8. The number of aromatic amines is 1. The zero-order valence-electron chi connectivity index (χ0n) is 8.32. The van der Waals surface area contributed by atoms with Crippen molar-refractivity contribution in [2.45, 2.75) is 6.92 Å². The first-order valence-electron chi connectivity index (χ1n) is 4.66. The van der Waals surface area contributed by atoms with Gasteiger partial charge in [0.25, 0.3) is 0 Å². The van der Waals surface area contributed by atoms with Crippen LogP contribution >= 0.6 is 0 Å². The normalized spacial score (nSPS) is 10.2. The number of hydrogen-bond donors (Lipinski definition) is 2. The van der Waals surface area contributed by atoms with Crippen molar-refractivity contribution in [1.82, 2.24) is 4.98 Å². The fraction of sp³-hybridized carbons (Fsp3) is 0.0833. The molecule has 1 aromatic carbocycles. The van der Waals surface area contributed by atoms with Crippen LogP contribution in [0.4, 0.5) is 0 Å². The standard InChI is InChI=1S/C12H11NO2/c1-8-11(6-7-12(15)13-8)9-2-4-10(14)5-3-9/h2-7,14H,1H3,(H,13,15). The number of phenolic OH excluding ortho intramolecular Hbond substituents is 1. The van der Waals surface area contributed by atoms with Gasteiger partial charge in [-0.3, -0.25) is 4.79 Å². The van der Waals surface area contributed by atoms with E-state index < -0.39 is 0 Å². The molecule has 0 saturated carbocycles. The molecule has 3 heteroatoms. The Bertz CT molecular complexity index is 526. The van der Waals surface area contributed by atoms with Gasteiger partial charge in [0.2, 0.25) is 5.56 Å². The number of phenols is 1. The average molecular weight is 201 g/mol. The molecule has 15 heavy (non-hydrogen) atoms. The monoisotopic (exact) mass is 201 g/mol. The Labute approximate surface area is 87.0 Å². The minimum absolute atomic E-state index is 0.102. The topological polar surface area (TPSA) is 53.1 Å². The number of pyridine rings is 1. The summed E-state index contributed by atoms with van der Waals surface area (Å²) in [6, 6.07) is 10.2. The number of nitrogens with one attached hydrogen (secondary N) is 1. The van der Waals surface area contributed by atoms with Gasteiger partial charge in [-0.2, -0.15) is 0 Å². The van der Waals surface area contributed by atoms with Crippen LogP contribution in [0.25, 0.3) is 11.1 Å². The van der Waals surface area contributed by atoms with E-state index in [9.17, 15) is 4.79 Å². The van der Waals surface area contributed by atoms with Crippen molar-refractivity contribution in [3.63, 3.8) is 0 Å². The second kappa shape index (κ2) is 3.61. The molecule has 0 aliphatic heterocycles. The van der Waals surface area contributed by atoms with Crippen LogP contribution in [-0.2, 0) is 0 Å². The van der Waals surface area contributed by atoms with Crippen LogP contribution < -0.4 is 5.56 Å². The Morgan fingerprint density at radius 1 is 1.07 bits per heavy atom. The van der Waals surface area contributed by atoms with Crippen molar-refractivity contribution in [3.8, 4) is 16.9 Å². The molecule has 0 amide bonds. The maximum absolute atomic E-state index is 11.0. The zero-order valence-corrected chi connectivity index (χ0v) is 8.32. The summed E-state index contributed by atoms with van der Waals surface area (Å²) in [6.45, 7) is 1.85. The highest BCUT2D eigenvalue weighted by atomic mass is 16.3. The van der Waals surface area contributed by atoms with Crippen LogP contribution in [0.1, 0.15) is 5.69 Å². The minimum atomic E-state index is -0.102. The minimum Gasteiger partial charge on any atom is -0.508 e. The van der Waals surface area contributed by atoms with Gasteiger partial charge in [0.05, 0.1) is 0 Å². The van der Waals surface area contributed by atoms with Crippen LogP contribution in [0.2, 0.25) is 0 Å². The molecular formula is C12H11NO2. The lowest BCUT2D eigenvalue weighted by atomic mass is 10.0. The lowest BCUT2D eigenvalue weighted by molar-refractivity contribution is 0.475. The highest BCUT2D eigenvalue weighted by Crippen LogP contribution is 2.22. The summed E-state index contributed by atoms with van der Waals surface area (Å²) >= 11 is 0. The van der Waals surface area contributed by atoms with E-state index >= 15 is 0 Å². The van der Waals surface area contributed by atoms with E-state index in [4.69, 9.17) is 5.11 Å². The smallest absolute Gasteiger partial charge is 0.248 e. The second-order valence-electron chi connectivity index (χ2n) is 3.41. The van der Waals surface area contributed by atoms with Gasteiger partial charge in [0.15, 0.2) is 0 Å². The highest BCUT2D eigenvalue weighted by Gasteiger charge is 2.01. The molecule has 2 rings (SSSR count). The van der Waals surface area contributed by atoms with Crippen LogP contribution in [0.5, 0.6) is 5.75 Å². The van der Waals surface area contributed by atoms with Gasteiger partial charge in [0.1, 0.15) is 5.75 Å². The van der Waals surface area contributed by atoms with Gasteiger partial charge >= 0.3 is 0 Å². The van der Waals surface area contributed by atoms with Gasteiger partial charge in [-0.15, -0.1) is 0 Å². The first-order valence-corrected chi connectivity index (χ1v) is 4.66. The summed E-state index contributed by atoms with van der Waals surface area (Å²) in [5.41, 5.74) is 2.67. The van der Waals surface area contributed by atoms with Crippen LogP contribution in [-0.4, -0.2) is 10.1 Å². The summed E-state index contributed by atoms with van der Waals surface area (Å²) in [5, 5.41) is 9.16. The number of aromatic hydroxyl groups is 1. The molecule has 0 fully saturated rings. The van der Waals surface area contributed by atoms with Gasteiger partial charge in [-0.05, 0) is 30.7 Å². The summed E-state index contributed by atoms with van der Waals surface area (Å²) in [4.78, 5) is 13.8. The molecule has 0 atom stereocenters. The maximum atomic E-state index is 11.0. The van der Waals surface area contributed by atoms with Gasteiger partial charge in [-0.25, -0.2) is 0 Å². The third-order valence-electron chi connectivity index (χ3n) is 2.29. The molecule has 2 N–H and O–H groups in total. The number of rotatable bonds is 1. The number of aromatic nitrogens is 1. The van der Waals surface area contributed by atoms with Gasteiger partial charge in [-0.1, -0.05) is 12.1 Å². The van der Waals surface area contributed by atoms with Crippen molar-refractivity contribution in [3.05, 3.63) is 52.4 Å². The van der Waals surface area contributed by atoms with Crippen molar-refractivity contribution in [2.24, 2.45) is 0 Å². The third kappa shape index (κ3) is 1.91. The van der Waals surface area contributed by atoms with E-state index in [0.29, 0.717) is 0 Å². The SMILES string of the molecule is Cc1[nH]c(=O)ccc1-c1ccc(O)cc1. The Hall–Kier alpha value is -2.03.